The second-order valence-corrected chi connectivity index (χ2v) is 4.21. The number of H-pyrrole nitrogens is 1. The molecule has 0 fully saturated rings. The van der Waals surface area contributed by atoms with Gasteiger partial charge in [0, 0.05) is 13.6 Å². The van der Waals surface area contributed by atoms with Crippen molar-refractivity contribution in [1.82, 2.24) is 24.4 Å². The number of imidazole rings is 1. The number of fused-ring (bicyclic) bond motifs is 1. The van der Waals surface area contributed by atoms with Gasteiger partial charge in [0.25, 0.3) is 5.56 Å². The lowest BCUT2D eigenvalue weighted by atomic mass is 10.4. The number of hydrogen-bond donors (Lipinski definition) is 2. The van der Waals surface area contributed by atoms with E-state index in [1.165, 1.54) is 11.6 Å². The van der Waals surface area contributed by atoms with Gasteiger partial charge in [0.1, 0.15) is 11.3 Å². The van der Waals surface area contributed by atoms with Crippen LogP contribution >= 0.6 is 0 Å². The molecule has 18 heavy (non-hydrogen) atoms. The third-order valence-electron chi connectivity index (χ3n) is 2.82. The van der Waals surface area contributed by atoms with Crippen LogP contribution in [0.1, 0.15) is 19.2 Å². The van der Waals surface area contributed by atoms with Gasteiger partial charge in [-0.2, -0.15) is 0 Å². The van der Waals surface area contributed by atoms with Gasteiger partial charge in [0.15, 0.2) is 5.65 Å². The Labute approximate surface area is 103 Å². The van der Waals surface area contributed by atoms with E-state index in [0.29, 0.717) is 30.1 Å². The van der Waals surface area contributed by atoms with Gasteiger partial charge in [-0.15, -0.1) is 0 Å². The van der Waals surface area contributed by atoms with Crippen molar-refractivity contribution < 1.29 is 0 Å². The van der Waals surface area contributed by atoms with Crippen LogP contribution in [0.3, 0.4) is 0 Å². The Bertz CT molecular complexity index is 679. The first kappa shape index (κ1) is 12.6. The van der Waals surface area contributed by atoms with E-state index in [9.17, 15) is 9.59 Å². The lowest BCUT2D eigenvalue weighted by Crippen LogP contribution is -2.38. The zero-order valence-electron chi connectivity index (χ0n) is 10.8. The fraction of sp³-hybridized carbons (Fsp3) is 0.545. The third-order valence-corrected chi connectivity index (χ3v) is 2.82. The Morgan fingerprint density at radius 1 is 1.39 bits per heavy atom. The van der Waals surface area contributed by atoms with E-state index in [-0.39, 0.29) is 11.2 Å². The summed E-state index contributed by atoms with van der Waals surface area (Å²) in [6.45, 7) is 3.05. The smallest absolute Gasteiger partial charge is 0.332 e. The molecule has 7 heteroatoms. The minimum absolute atomic E-state index is 0.322. The van der Waals surface area contributed by atoms with E-state index < -0.39 is 0 Å². The molecule has 0 spiro atoms. The van der Waals surface area contributed by atoms with Crippen LogP contribution in [0.2, 0.25) is 0 Å². The summed E-state index contributed by atoms with van der Waals surface area (Å²) in [4.78, 5) is 31.3. The van der Waals surface area contributed by atoms with Gasteiger partial charge >= 0.3 is 5.69 Å². The van der Waals surface area contributed by atoms with Gasteiger partial charge in [0.05, 0.1) is 6.54 Å². The van der Waals surface area contributed by atoms with E-state index in [2.05, 4.69) is 15.3 Å². The minimum atomic E-state index is -0.336. The standard InChI is InChI=1S/C11H17N5O2/c1-4-5-16-9-8(10(17)15(3)11(16)18)13-7(14-9)6-12-2/h12H,4-6H2,1-3H3,(H,13,14). The Hall–Kier alpha value is -1.89. The van der Waals surface area contributed by atoms with Crippen LogP contribution in [0.5, 0.6) is 0 Å². The van der Waals surface area contributed by atoms with Gasteiger partial charge in [-0.25, -0.2) is 9.78 Å². The highest BCUT2D eigenvalue weighted by Gasteiger charge is 2.14. The lowest BCUT2D eigenvalue weighted by molar-refractivity contribution is 0.610. The molecular formula is C11H17N5O2. The van der Waals surface area contributed by atoms with Crippen molar-refractivity contribution in [3.63, 3.8) is 0 Å². The highest BCUT2D eigenvalue weighted by Crippen LogP contribution is 2.05. The molecule has 0 aliphatic carbocycles. The average Bonchev–Trinajstić information content (AvgIpc) is 2.76. The van der Waals surface area contributed by atoms with Crippen molar-refractivity contribution in [3.8, 4) is 0 Å². The predicted molar refractivity (Wildman–Crippen MR) is 68.6 cm³/mol. The van der Waals surface area contributed by atoms with Crippen molar-refractivity contribution in [1.29, 1.82) is 0 Å². The van der Waals surface area contributed by atoms with Crippen LogP contribution in [0.15, 0.2) is 9.59 Å². The minimum Gasteiger partial charge on any atom is -0.335 e. The van der Waals surface area contributed by atoms with E-state index in [1.807, 2.05) is 6.92 Å². The molecule has 2 heterocycles. The first-order valence-corrected chi connectivity index (χ1v) is 5.93. The molecule has 2 rings (SSSR count). The van der Waals surface area contributed by atoms with Gasteiger partial charge in [-0.3, -0.25) is 13.9 Å². The molecule has 0 bridgehead atoms. The summed E-state index contributed by atoms with van der Waals surface area (Å²) in [7, 11) is 3.28. The molecule has 2 aromatic heterocycles. The molecule has 0 aromatic carbocycles. The highest BCUT2D eigenvalue weighted by molar-refractivity contribution is 5.69. The summed E-state index contributed by atoms with van der Waals surface area (Å²) in [5.41, 5.74) is 0.167. The monoisotopic (exact) mass is 251 g/mol. The van der Waals surface area contributed by atoms with E-state index in [0.717, 1.165) is 11.0 Å². The summed E-state index contributed by atoms with van der Waals surface area (Å²) in [6, 6.07) is 0. The summed E-state index contributed by atoms with van der Waals surface area (Å²) >= 11 is 0. The quantitative estimate of drug-likeness (QED) is 0.771. The molecule has 2 N–H and O–H groups in total. The summed E-state index contributed by atoms with van der Waals surface area (Å²) in [6.07, 6.45) is 0.807. The van der Waals surface area contributed by atoms with Crippen molar-refractivity contribution in [2.24, 2.45) is 7.05 Å². The topological polar surface area (TPSA) is 84.7 Å². The van der Waals surface area contributed by atoms with Gasteiger partial charge in [0.2, 0.25) is 0 Å². The molecule has 0 radical (unpaired) electrons. The summed E-state index contributed by atoms with van der Waals surface area (Å²) in [5, 5.41) is 2.96. The molecule has 0 aliphatic rings. The first-order chi connectivity index (χ1) is 8.60. The number of nitrogens with zero attached hydrogens (tertiary/aromatic N) is 3. The first-order valence-electron chi connectivity index (χ1n) is 5.93. The number of aryl methyl sites for hydroxylation is 1. The maximum absolute atomic E-state index is 12.0. The number of hydrogen-bond acceptors (Lipinski definition) is 4. The molecule has 0 saturated heterocycles. The van der Waals surface area contributed by atoms with E-state index in [4.69, 9.17) is 0 Å². The molecule has 0 saturated carbocycles. The Morgan fingerprint density at radius 2 is 2.11 bits per heavy atom. The second-order valence-electron chi connectivity index (χ2n) is 4.21. The van der Waals surface area contributed by atoms with Gasteiger partial charge in [-0.05, 0) is 13.5 Å². The van der Waals surface area contributed by atoms with Crippen molar-refractivity contribution in [3.05, 3.63) is 26.7 Å². The van der Waals surface area contributed by atoms with E-state index in [1.54, 1.807) is 7.05 Å². The zero-order valence-corrected chi connectivity index (χ0v) is 10.8. The van der Waals surface area contributed by atoms with Gasteiger partial charge in [-0.1, -0.05) is 6.92 Å². The molecule has 2 aromatic rings. The molecular weight excluding hydrogens is 234 g/mol. The Balaban J connectivity index is 2.80. The normalized spacial score (nSPS) is 11.3. The molecule has 0 aliphatic heterocycles. The predicted octanol–water partition coefficient (Wildman–Crippen LogP) is -0.447. The average molecular weight is 251 g/mol. The summed E-state index contributed by atoms with van der Waals surface area (Å²) in [5.74, 6) is 0.653. The third kappa shape index (κ3) is 1.86. The fourth-order valence-corrected chi connectivity index (χ4v) is 1.96. The molecule has 0 atom stereocenters. The fourth-order valence-electron chi connectivity index (χ4n) is 1.96. The molecule has 98 valence electrons. The summed E-state index contributed by atoms with van der Waals surface area (Å²) < 4.78 is 2.64. The maximum Gasteiger partial charge on any atom is 0.332 e. The van der Waals surface area contributed by atoms with Crippen LogP contribution in [0, 0.1) is 0 Å². The molecule has 0 unspecified atom stereocenters. The zero-order chi connectivity index (χ0) is 13.3. The maximum atomic E-state index is 12.0. The molecule has 0 amide bonds. The highest BCUT2D eigenvalue weighted by atomic mass is 16.2. The van der Waals surface area contributed by atoms with Gasteiger partial charge < -0.3 is 10.3 Å². The number of rotatable bonds is 4. The van der Waals surface area contributed by atoms with Crippen molar-refractivity contribution in [2.75, 3.05) is 7.05 Å². The van der Waals surface area contributed by atoms with Crippen molar-refractivity contribution >= 4 is 11.2 Å². The molecule has 7 nitrogen and oxygen atoms in total. The van der Waals surface area contributed by atoms with Crippen LogP contribution < -0.4 is 16.6 Å². The van der Waals surface area contributed by atoms with Crippen LogP contribution in [0.4, 0.5) is 0 Å². The van der Waals surface area contributed by atoms with Crippen LogP contribution in [-0.4, -0.2) is 26.1 Å². The Kier molecular flexibility index (Phi) is 3.33. The second kappa shape index (κ2) is 4.77. The Morgan fingerprint density at radius 3 is 2.72 bits per heavy atom. The van der Waals surface area contributed by atoms with Crippen LogP contribution in [0.25, 0.3) is 11.2 Å². The SMILES string of the molecule is CCCn1c(=O)n(C)c(=O)c2[nH]c(CNC)nc21. The van der Waals surface area contributed by atoms with E-state index >= 15 is 0 Å². The van der Waals surface area contributed by atoms with Crippen molar-refractivity contribution in [2.45, 2.75) is 26.4 Å². The lowest BCUT2D eigenvalue weighted by Gasteiger charge is -2.06. The largest absolute Gasteiger partial charge is 0.335 e. The number of nitrogens with one attached hydrogen (secondary N) is 2. The van der Waals surface area contributed by atoms with Crippen LogP contribution in [-0.2, 0) is 20.1 Å². The number of aromatic amines is 1. The number of aromatic nitrogens is 4.